The Morgan fingerprint density at radius 2 is 1.94 bits per heavy atom. The topological polar surface area (TPSA) is 69.4 Å². The van der Waals surface area contributed by atoms with Crippen molar-refractivity contribution < 1.29 is 13.2 Å². The first-order chi connectivity index (χ1) is 7.42. The second-order valence-electron chi connectivity index (χ2n) is 4.26. The zero-order chi connectivity index (χ0) is 11.8. The molecule has 1 aromatic carbocycles. The van der Waals surface area contributed by atoms with E-state index in [0.717, 1.165) is 12.0 Å². The van der Waals surface area contributed by atoms with Crippen molar-refractivity contribution >= 4 is 9.84 Å². The van der Waals surface area contributed by atoms with Gasteiger partial charge >= 0.3 is 0 Å². The molecule has 0 aliphatic carbocycles. The van der Waals surface area contributed by atoms with Gasteiger partial charge in [0, 0.05) is 12.9 Å². The fourth-order valence-electron chi connectivity index (χ4n) is 1.84. The van der Waals surface area contributed by atoms with E-state index in [-0.39, 0.29) is 0 Å². The Morgan fingerprint density at radius 3 is 2.38 bits per heavy atom. The Bertz CT molecular complexity index is 472. The highest BCUT2D eigenvalue weighted by Crippen LogP contribution is 2.28. The molecule has 1 saturated heterocycles. The van der Waals surface area contributed by atoms with Gasteiger partial charge in [-0.3, -0.25) is 0 Å². The van der Waals surface area contributed by atoms with Crippen molar-refractivity contribution in [2.24, 2.45) is 5.73 Å². The van der Waals surface area contributed by atoms with Crippen molar-refractivity contribution in [3.05, 3.63) is 29.8 Å². The van der Waals surface area contributed by atoms with Gasteiger partial charge in [0.2, 0.25) is 0 Å². The third-order valence-electron chi connectivity index (χ3n) is 2.91. The molecule has 1 fully saturated rings. The molecule has 16 heavy (non-hydrogen) atoms. The summed E-state index contributed by atoms with van der Waals surface area (Å²) >= 11 is 0. The van der Waals surface area contributed by atoms with Gasteiger partial charge in [-0.25, -0.2) is 8.42 Å². The average Bonchev–Trinajstić information content (AvgIpc) is 2.66. The van der Waals surface area contributed by atoms with E-state index in [4.69, 9.17) is 10.5 Å². The van der Waals surface area contributed by atoms with Gasteiger partial charge in [-0.2, -0.15) is 0 Å². The van der Waals surface area contributed by atoms with E-state index in [9.17, 15) is 8.42 Å². The summed E-state index contributed by atoms with van der Waals surface area (Å²) in [6, 6.07) is 6.73. The molecule has 5 heteroatoms. The summed E-state index contributed by atoms with van der Waals surface area (Å²) < 4.78 is 27.8. The Labute approximate surface area is 95.3 Å². The van der Waals surface area contributed by atoms with Crippen molar-refractivity contribution in [1.82, 2.24) is 0 Å². The number of sulfone groups is 1. The smallest absolute Gasteiger partial charge is 0.175 e. The lowest BCUT2D eigenvalue weighted by molar-refractivity contribution is 0.178. The highest BCUT2D eigenvalue weighted by atomic mass is 32.2. The number of hydrogen-bond donors (Lipinski definition) is 1. The quantitative estimate of drug-likeness (QED) is 0.826. The van der Waals surface area contributed by atoms with Crippen LogP contribution < -0.4 is 5.73 Å². The Balaban J connectivity index is 2.33. The second kappa shape index (κ2) is 3.84. The van der Waals surface area contributed by atoms with Gasteiger partial charge in [-0.05, 0) is 24.1 Å². The highest BCUT2D eigenvalue weighted by Gasteiger charge is 2.32. The van der Waals surface area contributed by atoms with Crippen molar-refractivity contribution in [1.29, 1.82) is 0 Å². The summed E-state index contributed by atoms with van der Waals surface area (Å²) in [6.07, 6.45) is 1.96. The summed E-state index contributed by atoms with van der Waals surface area (Å²) in [7, 11) is -3.13. The Kier molecular flexibility index (Phi) is 2.77. The van der Waals surface area contributed by atoms with Crippen LogP contribution in [-0.4, -0.2) is 27.9 Å². The van der Waals surface area contributed by atoms with Crippen LogP contribution in [0.1, 0.15) is 12.0 Å². The molecule has 2 N–H and O–H groups in total. The van der Waals surface area contributed by atoms with Crippen LogP contribution in [-0.2, 0) is 20.1 Å². The minimum atomic E-state index is -3.13. The molecule has 1 aliphatic heterocycles. The highest BCUT2D eigenvalue weighted by molar-refractivity contribution is 7.90. The first-order valence-corrected chi connectivity index (χ1v) is 6.98. The molecule has 1 aliphatic rings. The van der Waals surface area contributed by atoms with Crippen LogP contribution >= 0.6 is 0 Å². The third kappa shape index (κ3) is 2.11. The first kappa shape index (κ1) is 11.6. The van der Waals surface area contributed by atoms with E-state index in [1.807, 2.05) is 0 Å². The predicted octanol–water partition coefficient (Wildman–Crippen LogP) is 0.664. The summed E-state index contributed by atoms with van der Waals surface area (Å²) in [6.45, 7) is 1.15. The molecule has 1 heterocycles. The monoisotopic (exact) mass is 241 g/mol. The van der Waals surface area contributed by atoms with Crippen LogP contribution in [0.3, 0.4) is 0 Å². The predicted molar refractivity (Wildman–Crippen MR) is 60.9 cm³/mol. The number of ether oxygens (including phenoxy) is 1. The standard InChI is InChI=1S/C11H15NO3S/c1-16(13,14)10-4-2-9(3-5-10)11(12)6-7-15-8-11/h2-5H,6-8,12H2,1H3/t11-/m0/s1. The zero-order valence-corrected chi connectivity index (χ0v) is 9.96. The van der Waals surface area contributed by atoms with Crippen LogP contribution in [0, 0.1) is 0 Å². The molecule has 4 nitrogen and oxygen atoms in total. The fourth-order valence-corrected chi connectivity index (χ4v) is 2.47. The minimum Gasteiger partial charge on any atom is -0.379 e. The number of rotatable bonds is 2. The maximum absolute atomic E-state index is 11.3. The molecule has 1 aromatic rings. The summed E-state index contributed by atoms with van der Waals surface area (Å²) in [5.41, 5.74) is 6.63. The van der Waals surface area contributed by atoms with Gasteiger partial charge < -0.3 is 10.5 Å². The van der Waals surface area contributed by atoms with E-state index in [1.54, 1.807) is 24.3 Å². The van der Waals surface area contributed by atoms with Crippen LogP contribution in [0.15, 0.2) is 29.2 Å². The van der Waals surface area contributed by atoms with E-state index in [0.29, 0.717) is 18.1 Å². The molecular weight excluding hydrogens is 226 g/mol. The number of benzene rings is 1. The molecule has 0 bridgehead atoms. The lowest BCUT2D eigenvalue weighted by Gasteiger charge is -2.22. The van der Waals surface area contributed by atoms with Crippen molar-refractivity contribution in [2.45, 2.75) is 16.9 Å². The zero-order valence-electron chi connectivity index (χ0n) is 9.14. The normalized spacial score (nSPS) is 25.9. The Hall–Kier alpha value is -0.910. The molecule has 88 valence electrons. The molecule has 0 aromatic heterocycles. The van der Waals surface area contributed by atoms with Crippen LogP contribution in [0.5, 0.6) is 0 Å². The molecule has 0 amide bonds. The lowest BCUT2D eigenvalue weighted by Crippen LogP contribution is -2.36. The van der Waals surface area contributed by atoms with Crippen LogP contribution in [0.25, 0.3) is 0 Å². The maximum atomic E-state index is 11.3. The summed E-state index contributed by atoms with van der Waals surface area (Å²) in [5.74, 6) is 0. The first-order valence-electron chi connectivity index (χ1n) is 5.09. The van der Waals surface area contributed by atoms with Crippen molar-refractivity contribution in [3.8, 4) is 0 Å². The molecular formula is C11H15NO3S. The summed E-state index contributed by atoms with van der Waals surface area (Å²) in [5, 5.41) is 0. The molecule has 0 radical (unpaired) electrons. The van der Waals surface area contributed by atoms with E-state index in [2.05, 4.69) is 0 Å². The SMILES string of the molecule is CS(=O)(=O)c1ccc([C@]2(N)CCOC2)cc1. The van der Waals surface area contributed by atoms with E-state index in [1.165, 1.54) is 6.26 Å². The van der Waals surface area contributed by atoms with Crippen molar-refractivity contribution in [2.75, 3.05) is 19.5 Å². The molecule has 0 saturated carbocycles. The maximum Gasteiger partial charge on any atom is 0.175 e. The lowest BCUT2D eigenvalue weighted by atomic mass is 9.91. The van der Waals surface area contributed by atoms with Gasteiger partial charge in [0.05, 0.1) is 17.0 Å². The summed E-state index contributed by atoms with van der Waals surface area (Å²) in [4.78, 5) is 0.318. The number of nitrogens with two attached hydrogens (primary N) is 1. The third-order valence-corrected chi connectivity index (χ3v) is 4.04. The van der Waals surface area contributed by atoms with E-state index < -0.39 is 15.4 Å². The van der Waals surface area contributed by atoms with Gasteiger partial charge in [-0.15, -0.1) is 0 Å². The molecule has 0 spiro atoms. The molecule has 1 atom stereocenters. The van der Waals surface area contributed by atoms with Crippen LogP contribution in [0.4, 0.5) is 0 Å². The second-order valence-corrected chi connectivity index (χ2v) is 6.27. The van der Waals surface area contributed by atoms with Gasteiger partial charge in [-0.1, -0.05) is 12.1 Å². The average molecular weight is 241 g/mol. The van der Waals surface area contributed by atoms with E-state index >= 15 is 0 Å². The largest absolute Gasteiger partial charge is 0.379 e. The fraction of sp³-hybridized carbons (Fsp3) is 0.455. The number of hydrogen-bond acceptors (Lipinski definition) is 4. The molecule has 0 unspecified atom stereocenters. The van der Waals surface area contributed by atoms with Gasteiger partial charge in [0.25, 0.3) is 0 Å². The van der Waals surface area contributed by atoms with Crippen LogP contribution in [0.2, 0.25) is 0 Å². The Morgan fingerprint density at radius 1 is 1.31 bits per heavy atom. The molecule has 2 rings (SSSR count). The van der Waals surface area contributed by atoms with Gasteiger partial charge in [0.1, 0.15) is 0 Å². The van der Waals surface area contributed by atoms with Gasteiger partial charge in [0.15, 0.2) is 9.84 Å². The minimum absolute atomic E-state index is 0.318. The van der Waals surface area contributed by atoms with Crippen molar-refractivity contribution in [3.63, 3.8) is 0 Å².